The number of nitrogens with one attached hydrogen (secondary N) is 2. The Labute approximate surface area is 132 Å². The largest absolute Gasteiger partial charge is 0.395 e. The van der Waals surface area contributed by atoms with Crippen molar-refractivity contribution in [3.8, 4) is 0 Å². The van der Waals surface area contributed by atoms with Crippen LogP contribution in [-0.4, -0.2) is 24.2 Å². The maximum atomic E-state index is 13.2. The molecule has 0 aromatic heterocycles. The monoisotopic (exact) mass is 322 g/mol. The van der Waals surface area contributed by atoms with Crippen molar-refractivity contribution in [1.29, 1.82) is 0 Å². The maximum Gasteiger partial charge on any atom is 0.251 e. The molecule has 0 aliphatic heterocycles. The topological polar surface area (TPSA) is 61.4 Å². The first-order valence-electron chi connectivity index (χ1n) is 6.77. The Kier molecular flexibility index (Phi) is 5.75. The number of benzene rings is 2. The molecule has 6 heteroatoms. The Morgan fingerprint density at radius 1 is 1.23 bits per heavy atom. The van der Waals surface area contributed by atoms with Crippen molar-refractivity contribution in [3.05, 3.63) is 64.4 Å². The summed E-state index contributed by atoms with van der Waals surface area (Å²) in [5.41, 5.74) is 1.83. The molecule has 1 amide bonds. The van der Waals surface area contributed by atoms with Gasteiger partial charge in [0.1, 0.15) is 5.82 Å². The summed E-state index contributed by atoms with van der Waals surface area (Å²) in [4.78, 5) is 11.8. The molecular weight excluding hydrogens is 307 g/mol. The predicted molar refractivity (Wildman–Crippen MR) is 84.6 cm³/mol. The Hall–Kier alpha value is -2.11. The first-order chi connectivity index (χ1) is 10.6. The van der Waals surface area contributed by atoms with Crippen LogP contribution < -0.4 is 10.6 Å². The fourth-order valence-corrected chi connectivity index (χ4v) is 2.10. The maximum absolute atomic E-state index is 13.2. The predicted octanol–water partition coefficient (Wildman–Crippen LogP) is 2.81. The Morgan fingerprint density at radius 2 is 2.05 bits per heavy atom. The van der Waals surface area contributed by atoms with Crippen molar-refractivity contribution < 1.29 is 14.3 Å². The number of hydrogen-bond donors (Lipinski definition) is 3. The quantitative estimate of drug-likeness (QED) is 0.766. The molecule has 4 nitrogen and oxygen atoms in total. The molecule has 2 aromatic carbocycles. The second kappa shape index (κ2) is 7.77. The van der Waals surface area contributed by atoms with Gasteiger partial charge in [0.2, 0.25) is 0 Å². The van der Waals surface area contributed by atoms with Gasteiger partial charge in [0.05, 0.1) is 6.61 Å². The summed E-state index contributed by atoms with van der Waals surface area (Å²) in [6.45, 7) is 0.440. The number of anilines is 1. The van der Waals surface area contributed by atoms with E-state index in [-0.39, 0.29) is 24.9 Å². The van der Waals surface area contributed by atoms with Crippen LogP contribution in [0.4, 0.5) is 10.1 Å². The molecular formula is C16H16ClFN2O2. The number of aliphatic hydroxyl groups is 1. The van der Waals surface area contributed by atoms with Crippen LogP contribution >= 0.6 is 11.6 Å². The van der Waals surface area contributed by atoms with Crippen LogP contribution in [0.5, 0.6) is 0 Å². The van der Waals surface area contributed by atoms with Crippen molar-refractivity contribution in [2.45, 2.75) is 6.54 Å². The van der Waals surface area contributed by atoms with Crippen molar-refractivity contribution in [3.63, 3.8) is 0 Å². The second-order valence-electron chi connectivity index (χ2n) is 4.65. The summed E-state index contributed by atoms with van der Waals surface area (Å²) in [5, 5.41) is 14.9. The molecule has 2 aromatic rings. The number of halogens is 2. The van der Waals surface area contributed by atoms with E-state index < -0.39 is 0 Å². The molecule has 22 heavy (non-hydrogen) atoms. The number of carbonyl (C=O) groups excluding carboxylic acids is 1. The van der Waals surface area contributed by atoms with E-state index in [4.69, 9.17) is 16.7 Å². The number of rotatable bonds is 6. The summed E-state index contributed by atoms with van der Waals surface area (Å²) < 4.78 is 13.2. The molecule has 0 atom stereocenters. The molecule has 116 valence electrons. The van der Waals surface area contributed by atoms with Crippen LogP contribution in [0.1, 0.15) is 15.9 Å². The summed E-state index contributed by atoms with van der Waals surface area (Å²) in [7, 11) is 0. The van der Waals surface area contributed by atoms with Gasteiger partial charge in [-0.3, -0.25) is 4.79 Å². The first-order valence-corrected chi connectivity index (χ1v) is 7.15. The minimum Gasteiger partial charge on any atom is -0.395 e. The van der Waals surface area contributed by atoms with Crippen LogP contribution in [0.25, 0.3) is 0 Å². The smallest absolute Gasteiger partial charge is 0.251 e. The fraction of sp³-hybridized carbons (Fsp3) is 0.188. The fourth-order valence-electron chi connectivity index (χ4n) is 1.92. The van der Waals surface area contributed by atoms with Gasteiger partial charge in [0.15, 0.2) is 0 Å². The molecule has 0 heterocycles. The lowest BCUT2D eigenvalue weighted by atomic mass is 10.1. The molecule has 0 unspecified atom stereocenters. The van der Waals surface area contributed by atoms with Gasteiger partial charge in [-0.25, -0.2) is 4.39 Å². The molecule has 0 aliphatic rings. The highest BCUT2D eigenvalue weighted by Gasteiger charge is 2.06. The zero-order chi connectivity index (χ0) is 15.9. The third-order valence-corrected chi connectivity index (χ3v) is 3.38. The van der Waals surface area contributed by atoms with E-state index >= 15 is 0 Å². The molecule has 0 fully saturated rings. The second-order valence-corrected chi connectivity index (χ2v) is 5.06. The van der Waals surface area contributed by atoms with Gasteiger partial charge in [-0.2, -0.15) is 0 Å². The van der Waals surface area contributed by atoms with Crippen LogP contribution in [0, 0.1) is 5.82 Å². The Balaban J connectivity index is 2.04. The third-order valence-electron chi connectivity index (χ3n) is 3.01. The van der Waals surface area contributed by atoms with E-state index in [2.05, 4.69) is 10.6 Å². The average molecular weight is 323 g/mol. The standard InChI is InChI=1S/C16H16ClFN2O2/c17-15-5-4-13(18)8-12(15)10-20-14-3-1-2-11(9-14)16(22)19-6-7-21/h1-5,8-9,20-21H,6-7,10H2,(H,19,22). The minimum absolute atomic E-state index is 0.109. The van der Waals surface area contributed by atoms with Crippen LogP contribution in [0.15, 0.2) is 42.5 Å². The number of carbonyl (C=O) groups is 1. The zero-order valence-electron chi connectivity index (χ0n) is 11.8. The highest BCUT2D eigenvalue weighted by atomic mass is 35.5. The van der Waals surface area contributed by atoms with Crippen LogP contribution in [0.2, 0.25) is 5.02 Å². The Morgan fingerprint density at radius 3 is 2.82 bits per heavy atom. The van der Waals surface area contributed by atoms with Gasteiger partial charge in [-0.1, -0.05) is 17.7 Å². The van der Waals surface area contributed by atoms with Gasteiger partial charge in [0, 0.05) is 29.4 Å². The van der Waals surface area contributed by atoms with E-state index in [0.29, 0.717) is 22.7 Å². The average Bonchev–Trinajstić information content (AvgIpc) is 2.53. The molecule has 3 N–H and O–H groups in total. The van der Waals surface area contributed by atoms with Crippen molar-refractivity contribution >= 4 is 23.2 Å². The highest BCUT2D eigenvalue weighted by molar-refractivity contribution is 6.31. The Bertz CT molecular complexity index is 664. The van der Waals surface area contributed by atoms with Crippen LogP contribution in [0.3, 0.4) is 0 Å². The van der Waals surface area contributed by atoms with Crippen molar-refractivity contribution in [2.24, 2.45) is 0 Å². The summed E-state index contributed by atoms with van der Waals surface area (Å²) in [5.74, 6) is -0.611. The zero-order valence-corrected chi connectivity index (χ0v) is 12.5. The van der Waals surface area contributed by atoms with Gasteiger partial charge < -0.3 is 15.7 Å². The third kappa shape index (κ3) is 4.44. The molecule has 0 saturated carbocycles. The molecule has 0 aliphatic carbocycles. The van der Waals surface area contributed by atoms with Crippen LogP contribution in [-0.2, 0) is 6.54 Å². The van der Waals surface area contributed by atoms with Gasteiger partial charge in [-0.15, -0.1) is 0 Å². The normalized spacial score (nSPS) is 10.3. The SMILES string of the molecule is O=C(NCCO)c1cccc(NCc2cc(F)ccc2Cl)c1. The minimum atomic E-state index is -0.349. The lowest BCUT2D eigenvalue weighted by molar-refractivity contribution is 0.0945. The van der Waals surface area contributed by atoms with E-state index in [1.54, 1.807) is 24.3 Å². The van der Waals surface area contributed by atoms with Gasteiger partial charge >= 0.3 is 0 Å². The highest BCUT2D eigenvalue weighted by Crippen LogP contribution is 2.19. The van der Waals surface area contributed by atoms with Gasteiger partial charge in [0.25, 0.3) is 5.91 Å². The number of aliphatic hydroxyl groups excluding tert-OH is 1. The summed E-state index contributed by atoms with van der Waals surface area (Å²) in [6.07, 6.45) is 0. The first kappa shape index (κ1) is 16.3. The number of amides is 1. The van der Waals surface area contributed by atoms with E-state index in [9.17, 15) is 9.18 Å². The molecule has 0 spiro atoms. The molecule has 0 radical (unpaired) electrons. The lowest BCUT2D eigenvalue weighted by Gasteiger charge is -2.10. The van der Waals surface area contributed by atoms with Gasteiger partial charge in [-0.05, 0) is 42.0 Å². The molecule has 0 saturated heterocycles. The van der Waals surface area contributed by atoms with E-state index in [1.807, 2.05) is 0 Å². The molecule has 2 rings (SSSR count). The summed E-state index contributed by atoms with van der Waals surface area (Å²) in [6, 6.07) is 11.1. The van der Waals surface area contributed by atoms with Crippen molar-refractivity contribution in [2.75, 3.05) is 18.5 Å². The van der Waals surface area contributed by atoms with E-state index in [1.165, 1.54) is 18.2 Å². The van der Waals surface area contributed by atoms with Crippen molar-refractivity contribution in [1.82, 2.24) is 5.32 Å². The summed E-state index contributed by atoms with van der Waals surface area (Å²) >= 11 is 6.01. The lowest BCUT2D eigenvalue weighted by Crippen LogP contribution is -2.26. The van der Waals surface area contributed by atoms with E-state index in [0.717, 1.165) is 5.69 Å². The molecule has 0 bridgehead atoms. The number of hydrogen-bond acceptors (Lipinski definition) is 3.